The fourth-order valence-electron chi connectivity index (χ4n) is 1.83. The zero-order chi connectivity index (χ0) is 14.0. The molecule has 0 saturated heterocycles. The molecule has 0 amide bonds. The first-order chi connectivity index (χ1) is 8.18. The first-order valence-corrected chi connectivity index (χ1v) is 6.05. The summed E-state index contributed by atoms with van der Waals surface area (Å²) in [5, 5.41) is 8.45. The van der Waals surface area contributed by atoms with Crippen LogP contribution in [0.2, 0.25) is 0 Å². The third-order valence-electron chi connectivity index (χ3n) is 3.05. The predicted octanol–water partition coefficient (Wildman–Crippen LogP) is 4.69. The van der Waals surface area contributed by atoms with Gasteiger partial charge in [0, 0.05) is 18.4 Å². The quantitative estimate of drug-likeness (QED) is 0.764. The molecule has 0 aliphatic rings. The van der Waals surface area contributed by atoms with Gasteiger partial charge in [0.15, 0.2) is 0 Å². The fraction of sp³-hybridized carbons (Fsp3) is 0.533. The highest BCUT2D eigenvalue weighted by Gasteiger charge is 2.33. The van der Waals surface area contributed by atoms with Gasteiger partial charge < -0.3 is 0 Å². The molecule has 0 aliphatic heterocycles. The van der Waals surface area contributed by atoms with E-state index < -0.39 is 12.3 Å². The van der Waals surface area contributed by atoms with Crippen LogP contribution in [0.1, 0.15) is 50.3 Å². The Morgan fingerprint density at radius 1 is 1.22 bits per heavy atom. The number of hydrogen-bond acceptors (Lipinski definition) is 1. The summed E-state index contributed by atoms with van der Waals surface area (Å²) in [6, 6.07) is 6.97. The van der Waals surface area contributed by atoms with E-state index in [0.717, 1.165) is 5.56 Å². The molecule has 0 unspecified atom stereocenters. The Kier molecular flexibility index (Phi) is 4.11. The minimum absolute atomic E-state index is 0.0465. The molecule has 0 radical (unpaired) electrons. The molecule has 18 heavy (non-hydrogen) atoms. The lowest BCUT2D eigenvalue weighted by Crippen LogP contribution is -2.18. The van der Waals surface area contributed by atoms with Crippen LogP contribution >= 0.6 is 0 Å². The predicted molar refractivity (Wildman–Crippen MR) is 68.6 cm³/mol. The maximum absolute atomic E-state index is 14.0. The minimum atomic E-state index is -2.93. The monoisotopic (exact) mass is 251 g/mol. The van der Waals surface area contributed by atoms with Gasteiger partial charge in [-0.05, 0) is 29.5 Å². The fourth-order valence-corrected chi connectivity index (χ4v) is 1.83. The van der Waals surface area contributed by atoms with Crippen molar-refractivity contribution in [2.75, 3.05) is 0 Å². The lowest BCUT2D eigenvalue weighted by molar-refractivity contribution is -0.0126. The molecular weight excluding hydrogens is 232 g/mol. The number of benzene rings is 1. The standard InChI is InChI=1S/C15H19F2N/c1-11-6-7-12(14(2,3)4)10-13(11)15(16,17)8-5-9-18/h6-7,10H,5,8H2,1-4H3. The zero-order valence-corrected chi connectivity index (χ0v) is 11.3. The minimum Gasteiger partial charge on any atom is -0.201 e. The summed E-state index contributed by atoms with van der Waals surface area (Å²) in [5.74, 6) is -2.93. The normalized spacial score (nSPS) is 12.3. The average Bonchev–Trinajstić information content (AvgIpc) is 2.25. The number of nitrogens with zero attached hydrogens (tertiary/aromatic N) is 1. The number of halogens is 2. The van der Waals surface area contributed by atoms with Crippen LogP contribution in [-0.4, -0.2) is 0 Å². The van der Waals surface area contributed by atoms with Crippen LogP contribution in [0.25, 0.3) is 0 Å². The van der Waals surface area contributed by atoms with Crippen LogP contribution in [-0.2, 0) is 11.3 Å². The van der Waals surface area contributed by atoms with Crippen molar-refractivity contribution < 1.29 is 8.78 Å². The molecule has 0 saturated carbocycles. The zero-order valence-electron chi connectivity index (χ0n) is 11.3. The molecule has 1 aromatic carbocycles. The lowest BCUT2D eigenvalue weighted by Gasteiger charge is -2.24. The second-order valence-electron chi connectivity index (χ2n) is 5.64. The molecule has 0 aromatic heterocycles. The maximum Gasteiger partial charge on any atom is 0.274 e. The van der Waals surface area contributed by atoms with Crippen molar-refractivity contribution in [3.63, 3.8) is 0 Å². The van der Waals surface area contributed by atoms with Gasteiger partial charge >= 0.3 is 0 Å². The summed E-state index contributed by atoms with van der Waals surface area (Å²) in [5.41, 5.74) is 1.35. The molecule has 0 heterocycles. The average molecular weight is 251 g/mol. The summed E-state index contributed by atoms with van der Waals surface area (Å²) in [4.78, 5) is 0. The van der Waals surface area contributed by atoms with Crippen molar-refractivity contribution in [1.29, 1.82) is 5.26 Å². The molecule has 0 N–H and O–H groups in total. The Balaban J connectivity index is 3.20. The lowest BCUT2D eigenvalue weighted by atomic mass is 9.84. The molecular formula is C15H19F2N. The Hall–Kier alpha value is -1.43. The second-order valence-corrected chi connectivity index (χ2v) is 5.64. The smallest absolute Gasteiger partial charge is 0.201 e. The number of hydrogen-bond donors (Lipinski definition) is 0. The van der Waals surface area contributed by atoms with E-state index in [1.54, 1.807) is 25.1 Å². The third kappa shape index (κ3) is 3.29. The summed E-state index contributed by atoms with van der Waals surface area (Å²) >= 11 is 0. The van der Waals surface area contributed by atoms with E-state index >= 15 is 0 Å². The molecule has 0 spiro atoms. The van der Waals surface area contributed by atoms with Crippen LogP contribution in [0.15, 0.2) is 18.2 Å². The molecule has 0 aliphatic carbocycles. The van der Waals surface area contributed by atoms with Gasteiger partial charge in [-0.3, -0.25) is 0 Å². The van der Waals surface area contributed by atoms with Crippen molar-refractivity contribution in [2.45, 2.75) is 51.9 Å². The Morgan fingerprint density at radius 2 is 1.83 bits per heavy atom. The largest absolute Gasteiger partial charge is 0.274 e. The van der Waals surface area contributed by atoms with E-state index in [4.69, 9.17) is 5.26 Å². The molecule has 98 valence electrons. The van der Waals surface area contributed by atoms with Crippen molar-refractivity contribution >= 4 is 0 Å². The van der Waals surface area contributed by atoms with Gasteiger partial charge in [0.05, 0.1) is 6.07 Å². The number of alkyl halides is 2. The molecule has 0 atom stereocenters. The highest BCUT2D eigenvalue weighted by Crippen LogP contribution is 2.37. The molecule has 0 fully saturated rings. The van der Waals surface area contributed by atoms with Crippen molar-refractivity contribution in [1.82, 2.24) is 0 Å². The highest BCUT2D eigenvalue weighted by atomic mass is 19.3. The number of rotatable bonds is 3. The maximum atomic E-state index is 14.0. The topological polar surface area (TPSA) is 23.8 Å². The third-order valence-corrected chi connectivity index (χ3v) is 3.05. The summed E-state index contributed by atoms with van der Waals surface area (Å²) in [6.07, 6.45) is -0.551. The molecule has 3 heteroatoms. The Labute approximate surface area is 107 Å². The van der Waals surface area contributed by atoms with E-state index in [-0.39, 0.29) is 17.4 Å². The van der Waals surface area contributed by atoms with Crippen molar-refractivity contribution in [3.05, 3.63) is 34.9 Å². The summed E-state index contributed by atoms with van der Waals surface area (Å²) in [7, 11) is 0. The van der Waals surface area contributed by atoms with Gasteiger partial charge in [0.1, 0.15) is 0 Å². The Morgan fingerprint density at radius 3 is 2.33 bits per heavy atom. The van der Waals surface area contributed by atoms with Gasteiger partial charge in [-0.2, -0.15) is 5.26 Å². The molecule has 1 aromatic rings. The van der Waals surface area contributed by atoms with Crippen LogP contribution in [0.4, 0.5) is 8.78 Å². The molecule has 1 rings (SSSR count). The van der Waals surface area contributed by atoms with E-state index in [1.807, 2.05) is 26.8 Å². The summed E-state index contributed by atoms with van der Waals surface area (Å²) in [6.45, 7) is 7.67. The van der Waals surface area contributed by atoms with E-state index in [9.17, 15) is 8.78 Å². The van der Waals surface area contributed by atoms with Gasteiger partial charge in [-0.15, -0.1) is 0 Å². The van der Waals surface area contributed by atoms with Gasteiger partial charge in [0.25, 0.3) is 5.92 Å². The first-order valence-electron chi connectivity index (χ1n) is 6.05. The highest BCUT2D eigenvalue weighted by molar-refractivity contribution is 5.37. The van der Waals surface area contributed by atoms with Crippen LogP contribution in [0, 0.1) is 18.3 Å². The second kappa shape index (κ2) is 5.06. The van der Waals surface area contributed by atoms with Crippen LogP contribution in [0.3, 0.4) is 0 Å². The van der Waals surface area contributed by atoms with E-state index in [0.29, 0.717) is 5.56 Å². The van der Waals surface area contributed by atoms with Gasteiger partial charge in [0.2, 0.25) is 0 Å². The number of nitriles is 1. The van der Waals surface area contributed by atoms with Crippen LogP contribution in [0.5, 0.6) is 0 Å². The SMILES string of the molecule is Cc1ccc(C(C)(C)C)cc1C(F)(F)CCC#N. The van der Waals surface area contributed by atoms with E-state index in [2.05, 4.69) is 0 Å². The van der Waals surface area contributed by atoms with Gasteiger partial charge in [-0.1, -0.05) is 32.9 Å². The molecule has 0 bridgehead atoms. The van der Waals surface area contributed by atoms with Crippen LogP contribution < -0.4 is 0 Å². The van der Waals surface area contributed by atoms with E-state index in [1.165, 1.54) is 0 Å². The van der Waals surface area contributed by atoms with Gasteiger partial charge in [-0.25, -0.2) is 8.78 Å². The Bertz CT molecular complexity index is 464. The number of aryl methyl sites for hydroxylation is 1. The first kappa shape index (κ1) is 14.6. The van der Waals surface area contributed by atoms with Crippen molar-refractivity contribution in [3.8, 4) is 6.07 Å². The summed E-state index contributed by atoms with van der Waals surface area (Å²) < 4.78 is 28.0. The molecule has 1 nitrogen and oxygen atoms in total. The van der Waals surface area contributed by atoms with Crippen molar-refractivity contribution in [2.24, 2.45) is 0 Å².